The van der Waals surface area contributed by atoms with E-state index in [0.29, 0.717) is 37.5 Å². The molecule has 0 bridgehead atoms. The van der Waals surface area contributed by atoms with Crippen molar-refractivity contribution in [2.45, 2.75) is 157 Å². The van der Waals surface area contributed by atoms with E-state index in [-0.39, 0.29) is 75.2 Å². The van der Waals surface area contributed by atoms with E-state index in [9.17, 15) is 51.3 Å². The number of hydrogen-bond acceptors (Lipinski definition) is 11. The molecule has 8 N–H and O–H groups in total. The summed E-state index contributed by atoms with van der Waals surface area (Å²) < 4.78 is 88.3. The van der Waals surface area contributed by atoms with E-state index in [2.05, 4.69) is 20.0 Å². The number of alkyl halides is 6. The molecule has 6 aromatic rings. The van der Waals surface area contributed by atoms with Crippen molar-refractivity contribution in [3.8, 4) is 34.0 Å². The number of nitrogens with one attached hydrogen (secondary N) is 1. The minimum Gasteiger partial charge on any atom is -0.480 e. The maximum absolute atomic E-state index is 12.8. The van der Waals surface area contributed by atoms with Crippen LogP contribution in [0.2, 0.25) is 10.0 Å². The van der Waals surface area contributed by atoms with Gasteiger partial charge in [-0.3, -0.25) is 4.79 Å². The second-order valence-corrected chi connectivity index (χ2v) is 20.4. The van der Waals surface area contributed by atoms with Crippen LogP contribution in [0, 0.1) is 0 Å². The van der Waals surface area contributed by atoms with Crippen LogP contribution in [0.1, 0.15) is 127 Å². The summed E-state index contributed by atoms with van der Waals surface area (Å²) in [7, 11) is 0. The molecule has 1 amide bonds. The lowest BCUT2D eigenvalue weighted by molar-refractivity contribution is -0.189. The number of aromatic carboxylic acids is 1. The first-order valence-electron chi connectivity index (χ1n) is 25.1. The molecule has 0 spiro atoms. The highest BCUT2D eigenvalue weighted by molar-refractivity contribution is 6.32. The number of rotatable bonds is 21. The van der Waals surface area contributed by atoms with E-state index in [4.69, 9.17) is 43.9 Å². The number of carbonyl (C=O) groups is 2. The zero-order chi connectivity index (χ0) is 59.2. The first kappa shape index (κ1) is 73.9. The van der Waals surface area contributed by atoms with Crippen LogP contribution < -0.4 is 20.5 Å². The second kappa shape index (κ2) is 32.1. The molecule has 15 nitrogen and oxygen atoms in total. The van der Waals surface area contributed by atoms with Gasteiger partial charge in [0.05, 0.1) is 27.0 Å². The number of aryl methyl sites for hydroxylation is 2. The van der Waals surface area contributed by atoms with Gasteiger partial charge in [-0.1, -0.05) is 86.6 Å². The van der Waals surface area contributed by atoms with Gasteiger partial charge in [0, 0.05) is 75.9 Å². The Hall–Kier alpha value is -6.14. The molecule has 0 aliphatic heterocycles. The van der Waals surface area contributed by atoms with Crippen molar-refractivity contribution in [3.05, 3.63) is 141 Å². The molecule has 2 heterocycles. The Balaban J connectivity index is 0.000000665. The first-order chi connectivity index (χ1) is 36.8. The van der Waals surface area contributed by atoms with Crippen LogP contribution in [0.4, 0.5) is 26.3 Å². The van der Waals surface area contributed by atoms with Crippen molar-refractivity contribution in [2.24, 2.45) is 5.73 Å². The first-order valence-corrected chi connectivity index (χ1v) is 25.9. The summed E-state index contributed by atoms with van der Waals surface area (Å²) in [6.07, 6.45) is -7.18. The van der Waals surface area contributed by atoms with Gasteiger partial charge in [0.1, 0.15) is 34.3 Å². The molecule has 0 aliphatic rings. The SMILES string of the molecule is C.C.CC(Oc1ccc(C(=O)O)cc1Cl)C(F)(F)F.CCn1cc(-c2ccc(CC(CCO)NC(=O)c3ccc(O[C@H](C)C(F)(F)F)c(Cl)c3)cc2)nc1C(C)(C)O.CCn1cc(-c2ccc(CC(N)CCO)cc2)nc1C(C)(C)O.[B]. The molecule has 0 saturated heterocycles. The molecular formula is C58H76BCl2F6N6O9. The minimum absolute atomic E-state index is 0. The molecule has 24 heteroatoms. The number of hydrogen-bond donors (Lipinski definition) is 7. The number of carboxylic acids is 1. The Kier molecular flexibility index (Phi) is 28.9. The van der Waals surface area contributed by atoms with E-state index < -0.39 is 53.7 Å². The summed E-state index contributed by atoms with van der Waals surface area (Å²) >= 11 is 11.7. The number of halogens is 8. The Labute approximate surface area is 488 Å². The molecule has 82 heavy (non-hydrogen) atoms. The summed E-state index contributed by atoms with van der Waals surface area (Å²) in [5, 5.41) is 50.3. The Morgan fingerprint density at radius 2 is 1.02 bits per heavy atom. The molecular weight excluding hydrogens is 1120 g/mol. The van der Waals surface area contributed by atoms with E-state index in [1.807, 2.05) is 83.9 Å². The number of benzene rings is 4. The predicted molar refractivity (Wildman–Crippen MR) is 309 cm³/mol. The van der Waals surface area contributed by atoms with Crippen LogP contribution in [0.25, 0.3) is 22.5 Å². The molecule has 0 fully saturated rings. The lowest BCUT2D eigenvalue weighted by Gasteiger charge is -2.20. The summed E-state index contributed by atoms with van der Waals surface area (Å²) in [6.45, 7) is 14.0. The monoisotopic (exact) mass is 1200 g/mol. The maximum Gasteiger partial charge on any atom is 0.425 e. The summed E-state index contributed by atoms with van der Waals surface area (Å²) in [5.74, 6) is -0.840. The highest BCUT2D eigenvalue weighted by Gasteiger charge is 2.39. The van der Waals surface area contributed by atoms with Crippen LogP contribution in [0.3, 0.4) is 0 Å². The third-order valence-electron chi connectivity index (χ3n) is 12.0. The van der Waals surface area contributed by atoms with Crippen LogP contribution in [0.5, 0.6) is 11.5 Å². The average Bonchev–Trinajstić information content (AvgIpc) is 4.08. The lowest BCUT2D eigenvalue weighted by Crippen LogP contribution is -2.37. The fourth-order valence-electron chi connectivity index (χ4n) is 7.68. The molecule has 451 valence electrons. The molecule has 3 radical (unpaired) electrons. The number of amides is 1. The van der Waals surface area contributed by atoms with Crippen LogP contribution in [0.15, 0.2) is 97.3 Å². The fraction of sp³-hybridized carbons (Fsp3) is 0.448. The highest BCUT2D eigenvalue weighted by atomic mass is 35.5. The smallest absolute Gasteiger partial charge is 0.425 e. The zero-order valence-electron chi connectivity index (χ0n) is 45.5. The topological polar surface area (TPSA) is 227 Å². The quantitative estimate of drug-likeness (QED) is 0.0264. The van der Waals surface area contributed by atoms with Crippen LogP contribution in [-0.4, -0.2) is 115 Å². The largest absolute Gasteiger partial charge is 0.480 e. The van der Waals surface area contributed by atoms with E-state index in [1.54, 1.807) is 27.7 Å². The third-order valence-corrected chi connectivity index (χ3v) is 12.6. The third kappa shape index (κ3) is 21.9. The number of aromatic nitrogens is 4. The number of imidazole rings is 2. The van der Waals surface area contributed by atoms with Gasteiger partial charge in [-0.2, -0.15) is 26.3 Å². The molecule has 4 aromatic carbocycles. The number of aliphatic hydroxyl groups excluding tert-OH is 2. The van der Waals surface area contributed by atoms with Crippen molar-refractivity contribution < 1.29 is 70.9 Å². The van der Waals surface area contributed by atoms with Crippen molar-refractivity contribution in [1.82, 2.24) is 24.4 Å². The Morgan fingerprint density at radius 1 is 0.646 bits per heavy atom. The van der Waals surface area contributed by atoms with Gasteiger partial charge in [-0.15, -0.1) is 0 Å². The number of aliphatic hydroxyl groups is 4. The normalized spacial score (nSPS) is 13.0. The number of ether oxygens (including phenoxy) is 2. The lowest BCUT2D eigenvalue weighted by atomic mass is 10.0. The number of nitrogens with zero attached hydrogens (tertiary/aromatic N) is 4. The van der Waals surface area contributed by atoms with Crippen LogP contribution >= 0.6 is 23.2 Å². The number of carboxylic acid groups (broad SMARTS) is 1. The number of carbonyl (C=O) groups excluding carboxylic acids is 1. The second-order valence-electron chi connectivity index (χ2n) is 19.5. The summed E-state index contributed by atoms with van der Waals surface area (Å²) in [4.78, 5) is 32.6. The molecule has 3 unspecified atom stereocenters. The minimum atomic E-state index is -4.55. The van der Waals surface area contributed by atoms with Crippen molar-refractivity contribution in [1.29, 1.82) is 0 Å². The van der Waals surface area contributed by atoms with Gasteiger partial charge in [-0.05, 0) is 129 Å². The molecule has 0 saturated carbocycles. The maximum atomic E-state index is 12.8. The average molecular weight is 1200 g/mol. The fourth-order valence-corrected chi connectivity index (χ4v) is 8.13. The molecule has 6 rings (SSSR count). The van der Waals surface area contributed by atoms with E-state index >= 15 is 0 Å². The van der Waals surface area contributed by atoms with Crippen molar-refractivity contribution in [2.75, 3.05) is 13.2 Å². The predicted octanol–water partition coefficient (Wildman–Crippen LogP) is 11.8. The van der Waals surface area contributed by atoms with Gasteiger partial charge >= 0.3 is 18.3 Å². The Bertz CT molecular complexity index is 2930. The summed E-state index contributed by atoms with van der Waals surface area (Å²) in [6, 6.07) is 22.4. The van der Waals surface area contributed by atoms with Gasteiger partial charge in [0.2, 0.25) is 0 Å². The van der Waals surface area contributed by atoms with E-state index in [1.165, 1.54) is 18.2 Å². The van der Waals surface area contributed by atoms with Gasteiger partial charge in [0.15, 0.2) is 12.2 Å². The standard InChI is InChI=1S/C28H33ClF3N3O4.C18H27N3O2.C10H8ClF3O3.2CH4.B/c1-5-35-16-23(34-26(35)27(3,4)38)19-8-6-18(7-9-19)14-21(12-13-36)33-25(37)20-10-11-24(22(29)15-20)39-17(2)28(30,31)32;1-4-21-12-16(20-17(21)18(2,3)23)14-7-5-13(6-8-14)11-15(19)9-10-22;1-5(10(12,13)14)17-8-3-2-6(9(15)16)4-7(8)11;;;/h6-11,15-17,21,36,38H,5,12-14H2,1-4H3,(H,33,37);5-8,12,15,22-23H,4,9-11,19H2,1-3H3;2-5H,1H3,(H,15,16);2*1H4;/t17-,21?;;;;;/m1...../s1. The van der Waals surface area contributed by atoms with Crippen molar-refractivity contribution in [3.63, 3.8) is 0 Å². The van der Waals surface area contributed by atoms with Crippen molar-refractivity contribution >= 4 is 43.5 Å². The van der Waals surface area contributed by atoms with Gasteiger partial charge in [0.25, 0.3) is 5.91 Å². The highest BCUT2D eigenvalue weighted by Crippen LogP contribution is 2.33. The molecule has 2 aromatic heterocycles. The zero-order valence-corrected chi connectivity index (χ0v) is 47.1. The van der Waals surface area contributed by atoms with E-state index in [0.717, 1.165) is 78.7 Å². The van der Waals surface area contributed by atoms with Crippen LogP contribution in [-0.2, 0) is 37.1 Å². The number of nitrogens with two attached hydrogens (primary N) is 1. The summed E-state index contributed by atoms with van der Waals surface area (Å²) in [5.41, 5.74) is 9.47. The van der Waals surface area contributed by atoms with Gasteiger partial charge < -0.3 is 55.2 Å². The Morgan fingerprint density at radius 3 is 1.35 bits per heavy atom. The molecule has 0 aliphatic carbocycles. The molecule has 4 atom stereocenters. The van der Waals surface area contributed by atoms with Gasteiger partial charge in [-0.25, -0.2) is 14.8 Å².